The summed E-state index contributed by atoms with van der Waals surface area (Å²) in [6.45, 7) is 3.51. The van der Waals surface area contributed by atoms with Gasteiger partial charge in [0.2, 0.25) is 0 Å². The molecule has 0 spiro atoms. The van der Waals surface area contributed by atoms with Gasteiger partial charge in [-0.05, 0) is 37.1 Å². The molecule has 1 aromatic heterocycles. The molecule has 0 bridgehead atoms. The highest BCUT2D eigenvalue weighted by atomic mass is 16.5. The van der Waals surface area contributed by atoms with Crippen LogP contribution in [-0.4, -0.2) is 55.2 Å². The maximum Gasteiger partial charge on any atom is 0.270 e. The topological polar surface area (TPSA) is 70.6 Å². The molecule has 1 amide bonds. The van der Waals surface area contributed by atoms with Gasteiger partial charge in [-0.25, -0.2) is 9.97 Å². The first-order valence-electron chi connectivity index (χ1n) is 9.00. The van der Waals surface area contributed by atoms with E-state index >= 15 is 0 Å². The number of methoxy groups -OCH3 is 1. The molecule has 0 radical (unpaired) electrons. The van der Waals surface area contributed by atoms with E-state index in [1.807, 2.05) is 12.1 Å². The number of rotatable bonds is 5. The maximum atomic E-state index is 12.2. The number of carbonyl (C=O) groups excluding carboxylic acids is 1. The van der Waals surface area contributed by atoms with Gasteiger partial charge in [-0.15, -0.1) is 0 Å². The van der Waals surface area contributed by atoms with Crippen LogP contribution in [0.5, 0.6) is 5.75 Å². The highest BCUT2D eigenvalue weighted by molar-refractivity contribution is 5.93. The third-order valence-electron chi connectivity index (χ3n) is 4.84. The molecule has 0 atom stereocenters. The largest absolute Gasteiger partial charge is 0.497 e. The summed E-state index contributed by atoms with van der Waals surface area (Å²) in [4.78, 5) is 25.2. The Morgan fingerprint density at radius 2 is 1.77 bits per heavy atom. The van der Waals surface area contributed by atoms with E-state index in [2.05, 4.69) is 37.2 Å². The van der Waals surface area contributed by atoms with Crippen LogP contribution in [0.15, 0.2) is 36.7 Å². The Morgan fingerprint density at radius 3 is 2.42 bits per heavy atom. The van der Waals surface area contributed by atoms with Gasteiger partial charge in [-0.2, -0.15) is 0 Å². The lowest BCUT2D eigenvalue weighted by molar-refractivity contribution is 0.0946. The second-order valence-corrected chi connectivity index (χ2v) is 6.68. The molecule has 2 fully saturated rings. The maximum absolute atomic E-state index is 12.2. The van der Waals surface area contributed by atoms with Crippen molar-refractivity contribution in [1.82, 2.24) is 15.3 Å². The molecule has 2 heterocycles. The summed E-state index contributed by atoms with van der Waals surface area (Å²) in [7, 11) is 1.68. The summed E-state index contributed by atoms with van der Waals surface area (Å²) in [6.07, 6.45) is 3.61. The molecule has 2 aromatic rings. The molecule has 1 N–H and O–H groups in total. The SMILES string of the molecule is COc1ccc(N2CCN(c3cc(C(=O)NC4CC4)ncn3)CC2)cc1. The van der Waals surface area contributed by atoms with Gasteiger partial charge in [0.25, 0.3) is 5.91 Å². The third-order valence-corrected chi connectivity index (χ3v) is 4.84. The number of amides is 1. The highest BCUT2D eigenvalue weighted by Gasteiger charge is 2.25. The van der Waals surface area contributed by atoms with E-state index in [1.165, 1.54) is 12.0 Å². The number of anilines is 2. The average Bonchev–Trinajstić information content (AvgIpc) is 3.52. The van der Waals surface area contributed by atoms with E-state index in [0.29, 0.717) is 11.7 Å². The summed E-state index contributed by atoms with van der Waals surface area (Å²) in [5, 5.41) is 2.97. The van der Waals surface area contributed by atoms with Crippen molar-refractivity contribution in [2.45, 2.75) is 18.9 Å². The van der Waals surface area contributed by atoms with Crippen molar-refractivity contribution in [1.29, 1.82) is 0 Å². The predicted molar refractivity (Wildman–Crippen MR) is 99.9 cm³/mol. The van der Waals surface area contributed by atoms with Crippen LogP contribution in [0.3, 0.4) is 0 Å². The lowest BCUT2D eigenvalue weighted by Gasteiger charge is -2.36. The molecule has 1 aromatic carbocycles. The van der Waals surface area contributed by atoms with Gasteiger partial charge in [-0.1, -0.05) is 0 Å². The Morgan fingerprint density at radius 1 is 1.08 bits per heavy atom. The van der Waals surface area contributed by atoms with Gasteiger partial charge in [0.15, 0.2) is 0 Å². The van der Waals surface area contributed by atoms with E-state index in [0.717, 1.165) is 50.6 Å². The predicted octanol–water partition coefficient (Wildman–Crippen LogP) is 1.70. The summed E-state index contributed by atoms with van der Waals surface area (Å²) < 4.78 is 5.22. The van der Waals surface area contributed by atoms with Gasteiger partial charge in [0.05, 0.1) is 7.11 Å². The van der Waals surface area contributed by atoms with E-state index in [4.69, 9.17) is 4.74 Å². The van der Waals surface area contributed by atoms with Crippen LogP contribution in [0.2, 0.25) is 0 Å². The van der Waals surface area contributed by atoms with Crippen LogP contribution in [0.4, 0.5) is 11.5 Å². The Labute approximate surface area is 153 Å². The number of hydrogen-bond donors (Lipinski definition) is 1. The minimum Gasteiger partial charge on any atom is -0.497 e. The molecule has 1 aliphatic carbocycles. The molecule has 1 aliphatic heterocycles. The minimum absolute atomic E-state index is 0.104. The zero-order chi connectivity index (χ0) is 17.9. The molecule has 7 nitrogen and oxygen atoms in total. The van der Waals surface area contributed by atoms with Gasteiger partial charge < -0.3 is 19.9 Å². The Balaban J connectivity index is 1.38. The van der Waals surface area contributed by atoms with Crippen LogP contribution in [0.25, 0.3) is 0 Å². The first-order valence-corrected chi connectivity index (χ1v) is 9.00. The molecule has 0 unspecified atom stereocenters. The molecule has 136 valence electrons. The second kappa shape index (κ2) is 7.19. The van der Waals surface area contributed by atoms with Crippen molar-refractivity contribution in [3.63, 3.8) is 0 Å². The normalized spacial score (nSPS) is 17.1. The fourth-order valence-corrected chi connectivity index (χ4v) is 3.12. The number of hydrogen-bond acceptors (Lipinski definition) is 6. The van der Waals surface area contributed by atoms with Crippen molar-refractivity contribution < 1.29 is 9.53 Å². The zero-order valence-corrected chi connectivity index (χ0v) is 14.9. The number of piperazine rings is 1. The molecular formula is C19H23N5O2. The van der Waals surface area contributed by atoms with Crippen molar-refractivity contribution in [3.05, 3.63) is 42.4 Å². The average molecular weight is 353 g/mol. The molecular weight excluding hydrogens is 330 g/mol. The fraction of sp³-hybridized carbons (Fsp3) is 0.421. The van der Waals surface area contributed by atoms with Crippen molar-refractivity contribution in [3.8, 4) is 5.75 Å². The molecule has 26 heavy (non-hydrogen) atoms. The van der Waals surface area contributed by atoms with Crippen LogP contribution in [0.1, 0.15) is 23.3 Å². The monoisotopic (exact) mass is 353 g/mol. The lowest BCUT2D eigenvalue weighted by Crippen LogP contribution is -2.47. The van der Waals surface area contributed by atoms with E-state index in [-0.39, 0.29) is 5.91 Å². The quantitative estimate of drug-likeness (QED) is 0.882. The Hall–Kier alpha value is -2.83. The van der Waals surface area contributed by atoms with E-state index in [9.17, 15) is 4.79 Å². The minimum atomic E-state index is -0.104. The van der Waals surface area contributed by atoms with Crippen LogP contribution < -0.4 is 19.9 Å². The first kappa shape index (κ1) is 16.6. The van der Waals surface area contributed by atoms with E-state index < -0.39 is 0 Å². The van der Waals surface area contributed by atoms with Crippen LogP contribution in [-0.2, 0) is 0 Å². The molecule has 4 rings (SSSR count). The number of ether oxygens (including phenoxy) is 1. The zero-order valence-electron chi connectivity index (χ0n) is 14.9. The van der Waals surface area contributed by atoms with Crippen LogP contribution in [0, 0.1) is 0 Å². The first-order chi connectivity index (χ1) is 12.7. The lowest BCUT2D eigenvalue weighted by atomic mass is 10.2. The van der Waals surface area contributed by atoms with Gasteiger partial charge in [-0.3, -0.25) is 4.79 Å². The number of nitrogens with one attached hydrogen (secondary N) is 1. The summed E-state index contributed by atoms with van der Waals surface area (Å²) in [5.74, 6) is 1.58. The number of benzene rings is 1. The highest BCUT2D eigenvalue weighted by Crippen LogP contribution is 2.23. The fourth-order valence-electron chi connectivity index (χ4n) is 3.12. The van der Waals surface area contributed by atoms with Gasteiger partial charge in [0, 0.05) is 44.0 Å². The Bertz CT molecular complexity index is 768. The van der Waals surface area contributed by atoms with Crippen molar-refractivity contribution in [2.24, 2.45) is 0 Å². The number of carbonyl (C=O) groups is 1. The van der Waals surface area contributed by atoms with Gasteiger partial charge >= 0.3 is 0 Å². The standard InChI is InChI=1S/C19H23N5O2/c1-26-16-6-4-15(5-7-16)23-8-10-24(11-9-23)18-12-17(20-13-21-18)19(25)22-14-2-3-14/h4-7,12-14H,2-3,8-11H2,1H3,(H,22,25). The third kappa shape index (κ3) is 3.71. The second-order valence-electron chi connectivity index (χ2n) is 6.68. The summed E-state index contributed by atoms with van der Waals surface area (Å²) in [5.41, 5.74) is 1.64. The molecule has 1 saturated carbocycles. The number of aromatic nitrogens is 2. The van der Waals surface area contributed by atoms with Crippen molar-refractivity contribution >= 4 is 17.4 Å². The molecule has 7 heteroatoms. The van der Waals surface area contributed by atoms with E-state index in [1.54, 1.807) is 13.2 Å². The smallest absolute Gasteiger partial charge is 0.270 e. The van der Waals surface area contributed by atoms with Crippen molar-refractivity contribution in [2.75, 3.05) is 43.1 Å². The van der Waals surface area contributed by atoms with Gasteiger partial charge in [0.1, 0.15) is 23.6 Å². The number of nitrogens with zero attached hydrogens (tertiary/aromatic N) is 4. The van der Waals surface area contributed by atoms with Crippen LogP contribution >= 0.6 is 0 Å². The molecule has 1 saturated heterocycles. The Kier molecular flexibility index (Phi) is 4.60. The summed E-state index contributed by atoms with van der Waals surface area (Å²) >= 11 is 0. The summed E-state index contributed by atoms with van der Waals surface area (Å²) in [6, 6.07) is 10.3. The molecule has 2 aliphatic rings.